The lowest BCUT2D eigenvalue weighted by atomic mass is 9.44. The molecule has 6 aliphatic rings. The fourth-order valence-electron chi connectivity index (χ4n) is 8.29. The Hall–Kier alpha value is -0.530. The third kappa shape index (κ3) is 2.41. The van der Waals surface area contributed by atoms with Gasteiger partial charge in [0.2, 0.25) is 0 Å². The van der Waals surface area contributed by atoms with Crippen LogP contribution in [0.4, 0.5) is 0 Å². The summed E-state index contributed by atoms with van der Waals surface area (Å²) in [6.45, 7) is 4.22. The van der Waals surface area contributed by atoms with Crippen LogP contribution in [0.5, 0.6) is 0 Å². The number of piperidine rings is 4. The number of rotatable bonds is 0. The Morgan fingerprint density at radius 1 is 0.679 bits per heavy atom. The summed E-state index contributed by atoms with van der Waals surface area (Å²) in [4.78, 5) is 13.6. The van der Waals surface area contributed by atoms with Crippen LogP contribution in [0.15, 0.2) is 0 Å². The maximum absolute atomic E-state index is 13.6. The van der Waals surface area contributed by atoms with Crippen LogP contribution >= 0.6 is 0 Å². The molecular formula is C22H36N4O2. The minimum Gasteiger partial charge on any atom is -0.345 e. The molecule has 0 aromatic rings. The largest absolute Gasteiger partial charge is 0.345 e. The molecule has 6 fully saturated rings. The van der Waals surface area contributed by atoms with Gasteiger partial charge in [-0.25, -0.2) is 0 Å². The summed E-state index contributed by atoms with van der Waals surface area (Å²) >= 11 is 0. The van der Waals surface area contributed by atoms with Gasteiger partial charge in [0.05, 0.1) is 0 Å². The third-order valence-electron chi connectivity index (χ3n) is 9.11. The van der Waals surface area contributed by atoms with Crippen LogP contribution in [0.3, 0.4) is 0 Å². The van der Waals surface area contributed by atoms with Crippen molar-refractivity contribution >= 4 is 5.78 Å². The molecule has 1 spiro atoms. The third-order valence-corrected chi connectivity index (χ3v) is 9.11. The summed E-state index contributed by atoms with van der Waals surface area (Å²) < 4.78 is 6.65. The number of fused-ring (bicyclic) bond motifs is 8. The monoisotopic (exact) mass is 388 g/mol. The first-order chi connectivity index (χ1) is 13.8. The Balaban J connectivity index is 1.52. The summed E-state index contributed by atoms with van der Waals surface area (Å²) in [5.41, 5.74) is 0.110. The minimum absolute atomic E-state index is 0.110. The second kappa shape index (κ2) is 7.02. The summed E-state index contributed by atoms with van der Waals surface area (Å²) in [6, 6.07) is 0.619. The quantitative estimate of drug-likeness (QED) is 0.496. The zero-order chi connectivity index (χ0) is 18.7. The summed E-state index contributed by atoms with van der Waals surface area (Å²) in [7, 11) is 0. The van der Waals surface area contributed by atoms with Gasteiger partial charge in [0.25, 0.3) is 0 Å². The number of carbonyl (C=O) groups is 1. The van der Waals surface area contributed by atoms with Gasteiger partial charge >= 0.3 is 0 Å². The number of ether oxygens (including phenoxy) is 1. The standard InChI is InChI=1S/C22H36N4O2/c27-17-13-5-1-9-23-18(13)22(19-14(17)6-2-10-24-19)15-7-3-11-25-20(15)28-21-16(22)8-4-12-26-21/h13-16,18-21,23-26H,1-12H2. The maximum Gasteiger partial charge on any atom is 0.142 e. The molecule has 6 nitrogen and oxygen atoms in total. The van der Waals surface area contributed by atoms with Gasteiger partial charge in [-0.15, -0.1) is 0 Å². The van der Waals surface area contributed by atoms with Gasteiger partial charge in [-0.05, 0) is 77.5 Å². The van der Waals surface area contributed by atoms with Crippen molar-refractivity contribution in [3.63, 3.8) is 0 Å². The molecule has 0 aromatic heterocycles. The van der Waals surface area contributed by atoms with Crippen molar-refractivity contribution in [2.24, 2.45) is 29.1 Å². The van der Waals surface area contributed by atoms with E-state index in [9.17, 15) is 4.79 Å². The van der Waals surface area contributed by atoms with Crippen LogP contribution in [-0.2, 0) is 9.53 Å². The van der Waals surface area contributed by atoms with E-state index < -0.39 is 0 Å². The molecule has 6 heteroatoms. The van der Waals surface area contributed by atoms with E-state index in [4.69, 9.17) is 4.74 Å². The van der Waals surface area contributed by atoms with Crippen molar-refractivity contribution in [1.82, 2.24) is 21.3 Å². The molecule has 8 unspecified atom stereocenters. The number of carbonyl (C=O) groups excluding carboxylic acids is 1. The fourth-order valence-corrected chi connectivity index (χ4v) is 8.29. The number of hydrogen-bond acceptors (Lipinski definition) is 6. The van der Waals surface area contributed by atoms with Crippen LogP contribution in [-0.4, -0.2) is 56.5 Å². The zero-order valence-electron chi connectivity index (χ0n) is 16.9. The first kappa shape index (κ1) is 18.3. The van der Waals surface area contributed by atoms with E-state index in [2.05, 4.69) is 21.3 Å². The molecule has 8 atom stereocenters. The van der Waals surface area contributed by atoms with Gasteiger partial charge in [0, 0.05) is 41.2 Å². The molecule has 6 rings (SSSR count). The normalized spacial score (nSPS) is 53.6. The van der Waals surface area contributed by atoms with Gasteiger partial charge in [0.15, 0.2) is 0 Å². The first-order valence-corrected chi connectivity index (χ1v) is 11.9. The zero-order valence-corrected chi connectivity index (χ0v) is 16.9. The van der Waals surface area contributed by atoms with E-state index in [1.807, 2.05) is 0 Å². The highest BCUT2D eigenvalue weighted by atomic mass is 16.5. The van der Waals surface area contributed by atoms with Crippen molar-refractivity contribution in [3.05, 3.63) is 0 Å². The van der Waals surface area contributed by atoms with Crippen LogP contribution < -0.4 is 21.3 Å². The minimum atomic E-state index is 0.110. The highest BCUT2D eigenvalue weighted by Gasteiger charge is 2.69. The number of nitrogens with one attached hydrogen (secondary N) is 4. The van der Waals surface area contributed by atoms with E-state index >= 15 is 0 Å². The smallest absolute Gasteiger partial charge is 0.142 e. The fraction of sp³-hybridized carbons (Fsp3) is 0.955. The predicted molar refractivity (Wildman–Crippen MR) is 107 cm³/mol. The molecule has 4 N–H and O–H groups in total. The molecule has 0 amide bonds. The highest BCUT2D eigenvalue weighted by molar-refractivity contribution is 5.86. The topological polar surface area (TPSA) is 74.4 Å². The average Bonchev–Trinajstić information content (AvgIpc) is 2.77. The molecule has 156 valence electrons. The lowest BCUT2D eigenvalue weighted by Gasteiger charge is -2.69. The van der Waals surface area contributed by atoms with Gasteiger partial charge in [-0.3, -0.25) is 15.4 Å². The van der Waals surface area contributed by atoms with Crippen LogP contribution in [0.1, 0.15) is 51.4 Å². The van der Waals surface area contributed by atoms with Crippen molar-refractivity contribution in [3.8, 4) is 0 Å². The van der Waals surface area contributed by atoms with Crippen molar-refractivity contribution < 1.29 is 9.53 Å². The van der Waals surface area contributed by atoms with Crippen molar-refractivity contribution in [1.29, 1.82) is 0 Å². The Labute approximate surface area is 168 Å². The van der Waals surface area contributed by atoms with Crippen molar-refractivity contribution in [2.45, 2.75) is 75.9 Å². The van der Waals surface area contributed by atoms with E-state index in [0.717, 1.165) is 51.9 Å². The highest BCUT2D eigenvalue weighted by Crippen LogP contribution is 2.61. The van der Waals surface area contributed by atoms with E-state index in [0.29, 0.717) is 29.7 Å². The lowest BCUT2D eigenvalue weighted by molar-refractivity contribution is -0.260. The molecule has 5 saturated heterocycles. The number of ketones is 1. The summed E-state index contributed by atoms with van der Waals surface area (Å²) in [5.74, 6) is 1.96. The van der Waals surface area contributed by atoms with E-state index in [-0.39, 0.29) is 29.7 Å². The molecule has 0 radical (unpaired) electrons. The molecule has 28 heavy (non-hydrogen) atoms. The van der Waals surface area contributed by atoms with Crippen LogP contribution in [0.25, 0.3) is 0 Å². The molecule has 5 aliphatic heterocycles. The molecule has 0 aromatic carbocycles. The summed E-state index contributed by atoms with van der Waals surface area (Å²) in [6.07, 6.45) is 9.60. The van der Waals surface area contributed by atoms with Gasteiger partial charge in [-0.2, -0.15) is 0 Å². The first-order valence-electron chi connectivity index (χ1n) is 11.9. The number of hydrogen-bond donors (Lipinski definition) is 4. The Kier molecular flexibility index (Phi) is 4.57. The van der Waals surface area contributed by atoms with Gasteiger partial charge < -0.3 is 15.4 Å². The number of Topliss-reactive ketones (excluding diaryl/α,β-unsaturated/α-hetero) is 1. The van der Waals surface area contributed by atoms with Crippen molar-refractivity contribution in [2.75, 3.05) is 26.2 Å². The Morgan fingerprint density at radius 2 is 1.14 bits per heavy atom. The lowest BCUT2D eigenvalue weighted by Crippen LogP contribution is -2.81. The molecule has 5 heterocycles. The van der Waals surface area contributed by atoms with E-state index in [1.54, 1.807) is 0 Å². The maximum atomic E-state index is 13.6. The molecule has 1 saturated carbocycles. The summed E-state index contributed by atoms with van der Waals surface area (Å²) in [5, 5.41) is 15.3. The molecular weight excluding hydrogens is 352 g/mol. The van der Waals surface area contributed by atoms with Gasteiger partial charge in [-0.1, -0.05) is 0 Å². The second-order valence-corrected chi connectivity index (χ2v) is 10.1. The van der Waals surface area contributed by atoms with Crippen LogP contribution in [0, 0.1) is 29.1 Å². The molecule has 1 aliphatic carbocycles. The van der Waals surface area contributed by atoms with E-state index in [1.165, 1.54) is 25.7 Å². The van der Waals surface area contributed by atoms with Crippen LogP contribution in [0.2, 0.25) is 0 Å². The SMILES string of the molecule is O=C1C2CCCNC2C2(C3CCCNC3OC3NCCCC32)C2NCCCC12. The Morgan fingerprint density at radius 3 is 1.68 bits per heavy atom. The van der Waals surface area contributed by atoms with Gasteiger partial charge in [0.1, 0.15) is 18.2 Å². The predicted octanol–water partition coefficient (Wildman–Crippen LogP) is 0.974. The Bertz CT molecular complexity index is 578. The second-order valence-electron chi connectivity index (χ2n) is 10.1. The molecule has 0 bridgehead atoms. The average molecular weight is 389 g/mol.